The van der Waals surface area contributed by atoms with Crippen LogP contribution < -0.4 is 0 Å². The van der Waals surface area contributed by atoms with E-state index >= 15 is 0 Å². The van der Waals surface area contributed by atoms with Gasteiger partial charge in [-0.25, -0.2) is 0 Å². The predicted octanol–water partition coefficient (Wildman–Crippen LogP) is 4.24. The summed E-state index contributed by atoms with van der Waals surface area (Å²) in [5.41, 5.74) is 2.51. The average Bonchev–Trinajstić information content (AvgIpc) is 2.26. The van der Waals surface area contributed by atoms with Crippen LogP contribution in [0.15, 0.2) is 36.0 Å². The molecule has 0 aliphatic heterocycles. The Kier molecular flexibility index (Phi) is 5.21. The van der Waals surface area contributed by atoms with Gasteiger partial charge in [0.1, 0.15) is 0 Å². The van der Waals surface area contributed by atoms with Gasteiger partial charge in [-0.05, 0) is 36.7 Å². The molecule has 2 unspecified atom stereocenters. The summed E-state index contributed by atoms with van der Waals surface area (Å²) in [7, 11) is 0. The number of aliphatic hydroxyl groups is 1. The van der Waals surface area contributed by atoms with Gasteiger partial charge in [0.15, 0.2) is 0 Å². The monoisotopic (exact) mass is 298 g/mol. The van der Waals surface area contributed by atoms with Crippen LogP contribution in [-0.4, -0.2) is 16.5 Å². The van der Waals surface area contributed by atoms with Gasteiger partial charge >= 0.3 is 0 Å². The fraction of sp³-hybridized carbons (Fsp3) is 0.600. The van der Waals surface area contributed by atoms with Gasteiger partial charge in [0.05, 0.1) is 6.10 Å². The van der Waals surface area contributed by atoms with E-state index in [4.69, 9.17) is 0 Å². The number of alkyl halides is 1. The molecule has 2 atom stereocenters. The van der Waals surface area contributed by atoms with Crippen molar-refractivity contribution >= 4 is 15.9 Å². The Morgan fingerprint density at radius 3 is 2.88 bits per heavy atom. The Balaban J connectivity index is 2.74. The van der Waals surface area contributed by atoms with E-state index in [9.17, 15) is 5.11 Å². The van der Waals surface area contributed by atoms with Gasteiger partial charge in [-0.2, -0.15) is 0 Å². The minimum absolute atomic E-state index is 0.172. The molecular weight excluding hydrogens is 276 g/mol. The maximum atomic E-state index is 9.70. The highest BCUT2D eigenvalue weighted by Crippen LogP contribution is 2.41. The first-order chi connectivity index (χ1) is 7.88. The van der Waals surface area contributed by atoms with E-state index in [0.717, 1.165) is 18.4 Å². The Morgan fingerprint density at radius 1 is 1.71 bits per heavy atom. The fourth-order valence-electron chi connectivity index (χ4n) is 2.33. The van der Waals surface area contributed by atoms with E-state index in [1.807, 2.05) is 6.92 Å². The van der Waals surface area contributed by atoms with E-state index in [1.54, 1.807) is 0 Å². The van der Waals surface area contributed by atoms with Crippen molar-refractivity contribution in [3.8, 4) is 0 Å². The minimum Gasteiger partial charge on any atom is -0.388 e. The quantitative estimate of drug-likeness (QED) is 0.608. The lowest BCUT2D eigenvalue weighted by Crippen LogP contribution is -2.25. The normalized spacial score (nSPS) is 26.1. The van der Waals surface area contributed by atoms with Crippen molar-refractivity contribution in [2.75, 3.05) is 5.33 Å². The van der Waals surface area contributed by atoms with Gasteiger partial charge in [0.25, 0.3) is 0 Å². The number of halogens is 1. The SMILES string of the molecule is C=C1CC=CC(C)(C)C1C/C=C(\C)C(O)CBr. The van der Waals surface area contributed by atoms with Crippen LogP contribution in [0.3, 0.4) is 0 Å². The van der Waals surface area contributed by atoms with Gasteiger partial charge in [0.2, 0.25) is 0 Å². The molecule has 0 fully saturated rings. The van der Waals surface area contributed by atoms with Crippen LogP contribution >= 0.6 is 15.9 Å². The summed E-state index contributed by atoms with van der Waals surface area (Å²) in [6.45, 7) is 10.7. The molecule has 1 aliphatic rings. The molecule has 0 saturated heterocycles. The highest BCUT2D eigenvalue weighted by atomic mass is 79.9. The first kappa shape index (κ1) is 14.7. The molecule has 0 aromatic carbocycles. The van der Waals surface area contributed by atoms with E-state index in [-0.39, 0.29) is 11.5 Å². The van der Waals surface area contributed by atoms with Crippen molar-refractivity contribution in [1.29, 1.82) is 0 Å². The summed E-state index contributed by atoms with van der Waals surface area (Å²) in [6, 6.07) is 0. The molecule has 2 heteroatoms. The zero-order valence-electron chi connectivity index (χ0n) is 11.0. The molecule has 1 aliphatic carbocycles. The predicted molar refractivity (Wildman–Crippen MR) is 78.3 cm³/mol. The average molecular weight is 299 g/mol. The molecule has 0 saturated carbocycles. The number of allylic oxidation sites excluding steroid dienone is 4. The molecule has 1 rings (SSSR count). The first-order valence-corrected chi connectivity index (χ1v) is 7.26. The number of hydrogen-bond acceptors (Lipinski definition) is 1. The maximum Gasteiger partial charge on any atom is 0.0844 e. The second-order valence-corrected chi connectivity index (χ2v) is 6.14. The van der Waals surface area contributed by atoms with Crippen LogP contribution in [0, 0.1) is 11.3 Å². The highest BCUT2D eigenvalue weighted by molar-refractivity contribution is 9.09. The van der Waals surface area contributed by atoms with Crippen LogP contribution in [0.2, 0.25) is 0 Å². The Bertz CT molecular complexity index is 339. The lowest BCUT2D eigenvalue weighted by atomic mass is 9.69. The minimum atomic E-state index is -0.370. The standard InChI is InChI=1S/C15H23BrO/c1-11-6-5-9-15(3,4)13(11)8-7-12(2)14(17)10-16/h5,7,9,13-14,17H,1,6,8,10H2,2-4H3/b12-7+. The van der Waals surface area contributed by atoms with Crippen LogP contribution in [0.25, 0.3) is 0 Å². The molecule has 17 heavy (non-hydrogen) atoms. The molecule has 0 amide bonds. The summed E-state index contributed by atoms with van der Waals surface area (Å²) in [5, 5.41) is 10.3. The third kappa shape index (κ3) is 3.82. The summed E-state index contributed by atoms with van der Waals surface area (Å²) >= 11 is 3.30. The number of rotatable bonds is 4. The van der Waals surface area contributed by atoms with Gasteiger partial charge in [0, 0.05) is 5.33 Å². The molecule has 0 aromatic rings. The van der Waals surface area contributed by atoms with Crippen molar-refractivity contribution in [3.63, 3.8) is 0 Å². The maximum absolute atomic E-state index is 9.70. The highest BCUT2D eigenvalue weighted by Gasteiger charge is 2.30. The summed E-state index contributed by atoms with van der Waals surface area (Å²) < 4.78 is 0. The van der Waals surface area contributed by atoms with E-state index in [2.05, 4.69) is 54.6 Å². The fourth-order valence-corrected chi connectivity index (χ4v) is 2.84. The Labute approximate surface area is 113 Å². The van der Waals surface area contributed by atoms with Crippen molar-refractivity contribution in [2.24, 2.45) is 11.3 Å². The van der Waals surface area contributed by atoms with E-state index in [1.165, 1.54) is 5.57 Å². The molecule has 0 spiro atoms. The van der Waals surface area contributed by atoms with Gasteiger partial charge in [-0.15, -0.1) is 0 Å². The molecule has 0 radical (unpaired) electrons. The largest absolute Gasteiger partial charge is 0.388 e. The summed E-state index contributed by atoms with van der Waals surface area (Å²) in [6.07, 6.45) is 8.24. The van der Waals surface area contributed by atoms with Crippen molar-refractivity contribution in [3.05, 3.63) is 36.0 Å². The van der Waals surface area contributed by atoms with Crippen molar-refractivity contribution in [1.82, 2.24) is 0 Å². The van der Waals surface area contributed by atoms with E-state index in [0.29, 0.717) is 11.2 Å². The topological polar surface area (TPSA) is 20.2 Å². The molecular formula is C15H23BrO. The Morgan fingerprint density at radius 2 is 2.35 bits per heavy atom. The van der Waals surface area contributed by atoms with Crippen LogP contribution in [0.5, 0.6) is 0 Å². The summed E-state index contributed by atoms with van der Waals surface area (Å²) in [5.74, 6) is 0.477. The van der Waals surface area contributed by atoms with E-state index < -0.39 is 0 Å². The third-order valence-corrected chi connectivity index (χ3v) is 4.28. The van der Waals surface area contributed by atoms with Crippen LogP contribution in [0.4, 0.5) is 0 Å². The van der Waals surface area contributed by atoms with Crippen molar-refractivity contribution < 1.29 is 5.11 Å². The third-order valence-electron chi connectivity index (χ3n) is 3.67. The van der Waals surface area contributed by atoms with Crippen LogP contribution in [-0.2, 0) is 0 Å². The molecule has 1 N–H and O–H groups in total. The van der Waals surface area contributed by atoms with Gasteiger partial charge < -0.3 is 5.11 Å². The molecule has 96 valence electrons. The molecule has 0 heterocycles. The zero-order valence-corrected chi connectivity index (χ0v) is 12.6. The second-order valence-electron chi connectivity index (χ2n) is 5.49. The summed E-state index contributed by atoms with van der Waals surface area (Å²) in [4.78, 5) is 0. The van der Waals surface area contributed by atoms with Crippen LogP contribution in [0.1, 0.15) is 33.6 Å². The smallest absolute Gasteiger partial charge is 0.0844 e. The second kappa shape index (κ2) is 6.01. The molecule has 1 nitrogen and oxygen atoms in total. The first-order valence-electron chi connectivity index (χ1n) is 6.14. The number of aliphatic hydroxyl groups excluding tert-OH is 1. The lowest BCUT2D eigenvalue weighted by Gasteiger charge is -2.36. The molecule has 0 aromatic heterocycles. The Hall–Kier alpha value is -0.340. The molecule has 0 bridgehead atoms. The van der Waals surface area contributed by atoms with Gasteiger partial charge in [-0.1, -0.05) is 60.2 Å². The van der Waals surface area contributed by atoms with Crippen molar-refractivity contribution in [2.45, 2.75) is 39.7 Å². The van der Waals surface area contributed by atoms with Gasteiger partial charge in [-0.3, -0.25) is 0 Å². The number of hydrogen-bond donors (Lipinski definition) is 1. The lowest BCUT2D eigenvalue weighted by molar-refractivity contribution is 0.235. The zero-order chi connectivity index (χ0) is 13.1.